The van der Waals surface area contributed by atoms with Crippen LogP contribution in [0.4, 0.5) is 30.2 Å². The minimum Gasteiger partial charge on any atom is -0.369 e. The van der Waals surface area contributed by atoms with E-state index in [1.54, 1.807) is 12.1 Å². The molecule has 29 heavy (non-hydrogen) atoms. The van der Waals surface area contributed by atoms with Crippen LogP contribution in [0.5, 0.6) is 0 Å². The van der Waals surface area contributed by atoms with Crippen LogP contribution in [0.25, 0.3) is 0 Å². The molecule has 0 spiro atoms. The number of rotatable bonds is 5. The normalized spacial score (nSPS) is 15.2. The highest BCUT2D eigenvalue weighted by molar-refractivity contribution is 5.94. The summed E-state index contributed by atoms with van der Waals surface area (Å²) in [6.45, 7) is 1.96. The molecule has 1 saturated heterocycles. The molecule has 2 aromatic carbocycles. The number of carbonyl (C=O) groups excluding carboxylic acids is 1. The summed E-state index contributed by atoms with van der Waals surface area (Å²) in [7, 11) is 0. The number of amides is 1. The van der Waals surface area contributed by atoms with Crippen LogP contribution in [0.2, 0.25) is 0 Å². The molecule has 1 aliphatic rings. The van der Waals surface area contributed by atoms with Crippen molar-refractivity contribution < 1.29 is 22.9 Å². The molecule has 0 aliphatic carbocycles. The smallest absolute Gasteiger partial charge is 0.369 e. The van der Waals surface area contributed by atoms with Crippen LogP contribution < -0.4 is 10.2 Å². The number of benzene rings is 2. The third-order valence-electron chi connectivity index (χ3n) is 4.65. The standard InChI is InChI=1S/C19H19F3N4O3/c20-19(21,22)14-4-3-5-15(12-14)25-10-8-24(9-11-25)13-18(27)23-16-6-1-2-7-17(16)26(28)29/h1-7,12H,8-11,13H2,(H,23,27). The molecule has 1 aliphatic heterocycles. The van der Waals surface area contributed by atoms with E-state index in [1.165, 1.54) is 24.3 Å². The van der Waals surface area contributed by atoms with Crippen LogP contribution in [-0.2, 0) is 11.0 Å². The average Bonchev–Trinajstić information content (AvgIpc) is 2.68. The van der Waals surface area contributed by atoms with Gasteiger partial charge in [-0.1, -0.05) is 18.2 Å². The lowest BCUT2D eigenvalue weighted by Gasteiger charge is -2.35. The summed E-state index contributed by atoms with van der Waals surface area (Å²) >= 11 is 0. The summed E-state index contributed by atoms with van der Waals surface area (Å²) in [6, 6.07) is 11.0. The third-order valence-corrected chi connectivity index (χ3v) is 4.65. The van der Waals surface area contributed by atoms with Crippen molar-refractivity contribution in [1.82, 2.24) is 4.90 Å². The second-order valence-electron chi connectivity index (χ2n) is 6.63. The Morgan fingerprint density at radius 2 is 1.76 bits per heavy atom. The largest absolute Gasteiger partial charge is 0.416 e. The molecule has 1 amide bonds. The first-order valence-electron chi connectivity index (χ1n) is 8.92. The summed E-state index contributed by atoms with van der Waals surface area (Å²) < 4.78 is 38.7. The molecule has 10 heteroatoms. The Kier molecular flexibility index (Phi) is 6.02. The molecular weight excluding hydrogens is 389 g/mol. The van der Waals surface area contributed by atoms with Gasteiger partial charge in [-0.15, -0.1) is 0 Å². The molecule has 2 aromatic rings. The van der Waals surface area contributed by atoms with Crippen molar-refractivity contribution in [2.45, 2.75) is 6.18 Å². The van der Waals surface area contributed by atoms with E-state index in [1.807, 2.05) is 9.80 Å². The summed E-state index contributed by atoms with van der Waals surface area (Å²) in [4.78, 5) is 26.4. The van der Waals surface area contributed by atoms with Gasteiger partial charge in [0.1, 0.15) is 5.69 Å². The van der Waals surface area contributed by atoms with E-state index in [9.17, 15) is 28.1 Å². The van der Waals surface area contributed by atoms with Crippen LogP contribution in [0.15, 0.2) is 48.5 Å². The predicted molar refractivity (Wildman–Crippen MR) is 102 cm³/mol. The Hall–Kier alpha value is -3.14. The maximum atomic E-state index is 12.9. The van der Waals surface area contributed by atoms with Gasteiger partial charge < -0.3 is 10.2 Å². The molecule has 1 fully saturated rings. The number of carbonyl (C=O) groups is 1. The number of piperazine rings is 1. The second kappa shape index (κ2) is 8.48. The predicted octanol–water partition coefficient (Wildman–Crippen LogP) is 3.37. The van der Waals surface area contributed by atoms with Gasteiger partial charge in [-0.05, 0) is 24.3 Å². The third kappa shape index (κ3) is 5.23. The Labute approximate surface area is 164 Å². The Balaban J connectivity index is 1.55. The molecule has 0 radical (unpaired) electrons. The molecule has 0 unspecified atom stereocenters. The van der Waals surface area contributed by atoms with Crippen LogP contribution >= 0.6 is 0 Å². The fraction of sp³-hybridized carbons (Fsp3) is 0.316. The van der Waals surface area contributed by atoms with Crippen molar-refractivity contribution in [3.63, 3.8) is 0 Å². The number of anilines is 2. The van der Waals surface area contributed by atoms with Gasteiger partial charge in [0.15, 0.2) is 0 Å². The van der Waals surface area contributed by atoms with Crippen molar-refractivity contribution in [2.75, 3.05) is 42.9 Å². The first-order chi connectivity index (χ1) is 13.7. The zero-order valence-electron chi connectivity index (χ0n) is 15.4. The van der Waals surface area contributed by atoms with Crippen molar-refractivity contribution >= 4 is 23.0 Å². The van der Waals surface area contributed by atoms with Gasteiger partial charge in [0.2, 0.25) is 5.91 Å². The Morgan fingerprint density at radius 1 is 1.07 bits per heavy atom. The van der Waals surface area contributed by atoms with Crippen LogP contribution in [-0.4, -0.2) is 48.5 Å². The van der Waals surface area contributed by atoms with E-state index in [0.29, 0.717) is 31.9 Å². The number of nitrogens with one attached hydrogen (secondary N) is 1. The first-order valence-corrected chi connectivity index (χ1v) is 8.92. The highest BCUT2D eigenvalue weighted by Crippen LogP contribution is 2.32. The highest BCUT2D eigenvalue weighted by Gasteiger charge is 2.31. The molecule has 1 N–H and O–H groups in total. The number of hydrogen-bond donors (Lipinski definition) is 1. The quantitative estimate of drug-likeness (QED) is 0.606. The molecule has 154 valence electrons. The van der Waals surface area contributed by atoms with Gasteiger partial charge in [0.05, 0.1) is 17.0 Å². The van der Waals surface area contributed by atoms with Crippen molar-refractivity contribution in [3.8, 4) is 0 Å². The minimum atomic E-state index is -4.39. The van der Waals surface area contributed by atoms with Crippen molar-refractivity contribution in [2.24, 2.45) is 0 Å². The lowest BCUT2D eigenvalue weighted by molar-refractivity contribution is -0.383. The molecule has 3 rings (SSSR count). The van der Waals surface area contributed by atoms with Gasteiger partial charge in [-0.25, -0.2) is 0 Å². The van der Waals surface area contributed by atoms with Gasteiger partial charge in [-0.2, -0.15) is 13.2 Å². The molecule has 0 bridgehead atoms. The van der Waals surface area contributed by atoms with Crippen LogP contribution in [0.1, 0.15) is 5.56 Å². The lowest BCUT2D eigenvalue weighted by atomic mass is 10.1. The van der Waals surface area contributed by atoms with E-state index in [-0.39, 0.29) is 23.8 Å². The molecule has 7 nitrogen and oxygen atoms in total. The Bertz CT molecular complexity index is 896. The lowest BCUT2D eigenvalue weighted by Crippen LogP contribution is -2.48. The topological polar surface area (TPSA) is 78.7 Å². The maximum Gasteiger partial charge on any atom is 0.416 e. The number of nitrogens with zero attached hydrogens (tertiary/aromatic N) is 3. The van der Waals surface area contributed by atoms with Gasteiger partial charge in [-0.3, -0.25) is 19.8 Å². The molecular formula is C19H19F3N4O3. The van der Waals surface area contributed by atoms with E-state index >= 15 is 0 Å². The SMILES string of the molecule is O=C(CN1CCN(c2cccc(C(F)(F)F)c2)CC1)Nc1ccccc1[N+](=O)[O-]. The highest BCUT2D eigenvalue weighted by atomic mass is 19.4. The zero-order chi connectivity index (χ0) is 21.0. The van der Waals surface area contributed by atoms with E-state index in [2.05, 4.69) is 5.32 Å². The minimum absolute atomic E-state index is 0.0441. The van der Waals surface area contributed by atoms with Crippen LogP contribution in [0.3, 0.4) is 0 Å². The molecule has 1 heterocycles. The number of alkyl halides is 3. The van der Waals surface area contributed by atoms with E-state index < -0.39 is 16.7 Å². The second-order valence-corrected chi connectivity index (χ2v) is 6.63. The number of para-hydroxylation sites is 2. The number of hydrogen-bond acceptors (Lipinski definition) is 5. The number of nitro benzene ring substituents is 1. The average molecular weight is 408 g/mol. The van der Waals surface area contributed by atoms with Gasteiger partial charge in [0, 0.05) is 37.9 Å². The molecule has 0 atom stereocenters. The van der Waals surface area contributed by atoms with Crippen molar-refractivity contribution in [1.29, 1.82) is 0 Å². The van der Waals surface area contributed by atoms with Gasteiger partial charge >= 0.3 is 6.18 Å². The summed E-state index contributed by atoms with van der Waals surface area (Å²) in [6.07, 6.45) is -4.39. The van der Waals surface area contributed by atoms with Crippen LogP contribution in [0, 0.1) is 10.1 Å². The molecule has 0 aromatic heterocycles. The number of halogens is 3. The maximum absolute atomic E-state index is 12.9. The molecule has 0 saturated carbocycles. The summed E-state index contributed by atoms with van der Waals surface area (Å²) in [5.41, 5.74) is -0.259. The van der Waals surface area contributed by atoms with Gasteiger partial charge in [0.25, 0.3) is 5.69 Å². The zero-order valence-corrected chi connectivity index (χ0v) is 15.4. The summed E-state index contributed by atoms with van der Waals surface area (Å²) in [5.74, 6) is -0.383. The van der Waals surface area contributed by atoms with E-state index in [4.69, 9.17) is 0 Å². The number of nitro groups is 1. The van der Waals surface area contributed by atoms with Crippen molar-refractivity contribution in [3.05, 3.63) is 64.2 Å². The first kappa shape index (κ1) is 20.6. The fourth-order valence-electron chi connectivity index (χ4n) is 3.17. The Morgan fingerprint density at radius 3 is 2.41 bits per heavy atom. The fourth-order valence-corrected chi connectivity index (χ4v) is 3.17. The summed E-state index contributed by atoms with van der Waals surface area (Å²) in [5, 5.41) is 13.6. The van der Waals surface area contributed by atoms with E-state index in [0.717, 1.165) is 12.1 Å². The monoisotopic (exact) mass is 408 g/mol.